The molecule has 3 aromatic heterocycles. The smallest absolute Gasteiger partial charge is 0.263 e. The van der Waals surface area contributed by atoms with E-state index in [4.69, 9.17) is 9.26 Å². The van der Waals surface area contributed by atoms with Crippen LogP contribution >= 0.6 is 0 Å². The Balaban J connectivity index is 1.51. The third kappa shape index (κ3) is 5.43. The molecule has 0 aliphatic carbocycles. The van der Waals surface area contributed by atoms with Gasteiger partial charge in [-0.05, 0) is 50.5 Å². The number of nitrogens with zero attached hydrogens (tertiary/aromatic N) is 5. The number of hydrogen-bond acceptors (Lipinski definition) is 8. The summed E-state index contributed by atoms with van der Waals surface area (Å²) in [6, 6.07) is 16.8. The zero-order valence-electron chi connectivity index (χ0n) is 23.2. The van der Waals surface area contributed by atoms with E-state index in [-0.39, 0.29) is 10.7 Å². The lowest BCUT2D eigenvalue weighted by atomic mass is 9.97. The van der Waals surface area contributed by atoms with Gasteiger partial charge < -0.3 is 14.2 Å². The summed E-state index contributed by atoms with van der Waals surface area (Å²) in [7, 11) is -1.95. The van der Waals surface area contributed by atoms with Gasteiger partial charge in [0, 0.05) is 49.2 Å². The summed E-state index contributed by atoms with van der Waals surface area (Å²) in [5.41, 5.74) is 5.63. The van der Waals surface area contributed by atoms with E-state index in [9.17, 15) is 8.42 Å². The zero-order chi connectivity index (χ0) is 28.4. The summed E-state index contributed by atoms with van der Waals surface area (Å²) < 4.78 is 42.4. The van der Waals surface area contributed by atoms with Crippen LogP contribution < -0.4 is 9.62 Å². The summed E-state index contributed by atoms with van der Waals surface area (Å²) in [6.45, 7) is 8.86. The molecule has 5 aromatic rings. The summed E-state index contributed by atoms with van der Waals surface area (Å²) >= 11 is 0. The standard InChI is InChI=1S/C29H32N6O4S/c1-6-38-18-23-16-22(17-34(5)28-15-19(2)31-27-13-14-30-35(27)28)11-12-24(23)25-9-7-8-10-26(25)40(36,37)33-29-20(3)21(4)39-32-29/h7-16H,6,17-18H2,1-5H3,(H,32,33). The lowest BCUT2D eigenvalue weighted by molar-refractivity contribution is 0.134. The average molecular weight is 561 g/mol. The van der Waals surface area contributed by atoms with Crippen LogP contribution in [0.25, 0.3) is 16.8 Å². The van der Waals surface area contributed by atoms with Gasteiger partial charge in [-0.1, -0.05) is 41.6 Å². The van der Waals surface area contributed by atoms with Gasteiger partial charge in [-0.2, -0.15) is 9.61 Å². The van der Waals surface area contributed by atoms with Crippen molar-refractivity contribution in [2.45, 2.75) is 45.7 Å². The number of fused-ring (bicyclic) bond motifs is 1. The molecule has 5 rings (SSSR count). The molecule has 3 heterocycles. The van der Waals surface area contributed by atoms with E-state index in [1.807, 2.05) is 55.7 Å². The Bertz CT molecular complexity index is 1780. The third-order valence-electron chi connectivity index (χ3n) is 6.77. The Labute approximate surface area is 233 Å². The molecule has 0 unspecified atom stereocenters. The van der Waals surface area contributed by atoms with E-state index in [1.165, 1.54) is 0 Å². The van der Waals surface area contributed by atoms with Crippen LogP contribution in [-0.4, -0.2) is 41.8 Å². The summed E-state index contributed by atoms with van der Waals surface area (Å²) in [5, 5.41) is 8.29. The number of rotatable bonds is 10. The zero-order valence-corrected chi connectivity index (χ0v) is 24.0. The molecule has 0 bridgehead atoms. The first-order valence-corrected chi connectivity index (χ1v) is 14.4. The van der Waals surface area contributed by atoms with Crippen LogP contribution in [0.1, 0.15) is 35.1 Å². The Morgan fingerprint density at radius 1 is 1.05 bits per heavy atom. The largest absolute Gasteiger partial charge is 0.377 e. The van der Waals surface area contributed by atoms with E-state index in [0.29, 0.717) is 36.6 Å². The minimum Gasteiger partial charge on any atom is -0.377 e. The van der Waals surface area contributed by atoms with Crippen molar-refractivity contribution in [2.75, 3.05) is 23.3 Å². The normalized spacial score (nSPS) is 11.7. The fourth-order valence-corrected chi connectivity index (χ4v) is 5.88. The molecule has 0 aliphatic heterocycles. The Morgan fingerprint density at radius 3 is 2.60 bits per heavy atom. The van der Waals surface area contributed by atoms with Crippen molar-refractivity contribution in [1.82, 2.24) is 19.8 Å². The molecule has 0 saturated heterocycles. The van der Waals surface area contributed by atoms with Crippen molar-refractivity contribution >= 4 is 27.3 Å². The predicted molar refractivity (Wildman–Crippen MR) is 154 cm³/mol. The quantitative estimate of drug-likeness (QED) is 0.245. The van der Waals surface area contributed by atoms with Gasteiger partial charge in [0.2, 0.25) is 0 Å². The van der Waals surface area contributed by atoms with Crippen LogP contribution in [0.5, 0.6) is 0 Å². The fourth-order valence-electron chi connectivity index (χ4n) is 4.60. The molecule has 11 heteroatoms. The van der Waals surface area contributed by atoms with Crippen LogP contribution in [0.2, 0.25) is 0 Å². The number of benzene rings is 2. The van der Waals surface area contributed by atoms with Crippen LogP contribution in [0.4, 0.5) is 11.6 Å². The lowest BCUT2D eigenvalue weighted by Crippen LogP contribution is -2.20. The van der Waals surface area contributed by atoms with E-state index in [2.05, 4.69) is 30.9 Å². The maximum absolute atomic E-state index is 13.5. The first-order valence-electron chi connectivity index (χ1n) is 12.9. The summed E-state index contributed by atoms with van der Waals surface area (Å²) in [6.07, 6.45) is 1.74. The maximum atomic E-state index is 13.5. The second-order valence-corrected chi connectivity index (χ2v) is 11.3. The van der Waals surface area contributed by atoms with Gasteiger partial charge in [0.25, 0.3) is 10.0 Å². The third-order valence-corrected chi connectivity index (χ3v) is 8.16. The molecule has 0 fully saturated rings. The van der Waals surface area contributed by atoms with Gasteiger partial charge in [0.1, 0.15) is 11.6 Å². The Hall–Kier alpha value is -4.22. The molecule has 1 N–H and O–H groups in total. The minimum absolute atomic E-state index is 0.144. The first-order chi connectivity index (χ1) is 19.2. The fraction of sp³-hybridized carbons (Fsp3) is 0.276. The Morgan fingerprint density at radius 2 is 1.85 bits per heavy atom. The molecule has 0 atom stereocenters. The Kier molecular flexibility index (Phi) is 7.59. The number of hydrogen-bond donors (Lipinski definition) is 1. The average Bonchev–Trinajstić information content (AvgIpc) is 3.53. The van der Waals surface area contributed by atoms with Crippen molar-refractivity contribution in [2.24, 2.45) is 0 Å². The molecular weight excluding hydrogens is 528 g/mol. The van der Waals surface area contributed by atoms with Gasteiger partial charge in [-0.15, -0.1) is 0 Å². The van der Waals surface area contributed by atoms with E-state index in [0.717, 1.165) is 33.8 Å². The highest BCUT2D eigenvalue weighted by atomic mass is 32.2. The van der Waals surface area contributed by atoms with Gasteiger partial charge in [0.05, 0.1) is 17.7 Å². The number of anilines is 2. The van der Waals surface area contributed by atoms with Crippen molar-refractivity contribution in [3.8, 4) is 11.1 Å². The minimum atomic E-state index is -3.96. The van der Waals surface area contributed by atoms with E-state index < -0.39 is 10.0 Å². The molecule has 0 amide bonds. The van der Waals surface area contributed by atoms with E-state index >= 15 is 0 Å². The number of sulfonamides is 1. The summed E-state index contributed by atoms with van der Waals surface area (Å²) in [5.74, 6) is 1.66. The van der Waals surface area contributed by atoms with Crippen molar-refractivity contribution in [3.63, 3.8) is 0 Å². The highest BCUT2D eigenvalue weighted by Crippen LogP contribution is 2.33. The molecular formula is C29H32N6O4S. The number of aryl methyl sites for hydroxylation is 2. The molecule has 0 aliphatic rings. The highest BCUT2D eigenvalue weighted by Gasteiger charge is 2.24. The van der Waals surface area contributed by atoms with Crippen LogP contribution in [0, 0.1) is 20.8 Å². The number of aromatic nitrogens is 4. The SMILES string of the molecule is CCOCc1cc(CN(C)c2cc(C)nc3ccnn23)ccc1-c1ccccc1S(=O)(=O)Nc1noc(C)c1C. The number of nitrogens with one attached hydrogen (secondary N) is 1. The molecule has 10 nitrogen and oxygen atoms in total. The van der Waals surface area contributed by atoms with Gasteiger partial charge >= 0.3 is 0 Å². The van der Waals surface area contributed by atoms with Gasteiger partial charge in [-0.25, -0.2) is 13.4 Å². The molecule has 40 heavy (non-hydrogen) atoms. The predicted octanol–water partition coefficient (Wildman–Crippen LogP) is 5.28. The first kappa shape index (κ1) is 27.4. The van der Waals surface area contributed by atoms with Crippen LogP contribution in [0.15, 0.2) is 70.2 Å². The van der Waals surface area contributed by atoms with Crippen LogP contribution in [0.3, 0.4) is 0 Å². The van der Waals surface area contributed by atoms with E-state index in [1.54, 1.807) is 38.2 Å². The van der Waals surface area contributed by atoms with Crippen molar-refractivity contribution in [1.29, 1.82) is 0 Å². The van der Waals surface area contributed by atoms with Gasteiger partial charge in [0.15, 0.2) is 11.5 Å². The van der Waals surface area contributed by atoms with Crippen LogP contribution in [-0.2, 0) is 27.9 Å². The second kappa shape index (κ2) is 11.1. The monoisotopic (exact) mass is 560 g/mol. The summed E-state index contributed by atoms with van der Waals surface area (Å²) in [4.78, 5) is 6.79. The molecule has 208 valence electrons. The van der Waals surface area contributed by atoms with Crippen molar-refractivity contribution in [3.05, 3.63) is 88.9 Å². The molecule has 0 spiro atoms. The molecule has 2 aromatic carbocycles. The maximum Gasteiger partial charge on any atom is 0.263 e. The molecule has 0 radical (unpaired) electrons. The molecule has 0 saturated carbocycles. The number of ether oxygens (including phenoxy) is 1. The van der Waals surface area contributed by atoms with Gasteiger partial charge in [-0.3, -0.25) is 4.72 Å². The second-order valence-electron chi connectivity index (χ2n) is 9.66. The highest BCUT2D eigenvalue weighted by molar-refractivity contribution is 7.92. The topological polar surface area (TPSA) is 115 Å². The van der Waals surface area contributed by atoms with Crippen molar-refractivity contribution < 1.29 is 17.7 Å². The lowest BCUT2D eigenvalue weighted by Gasteiger charge is -2.22.